The lowest BCUT2D eigenvalue weighted by Gasteiger charge is -2.37. The molecule has 0 aliphatic carbocycles. The van der Waals surface area contributed by atoms with Crippen molar-refractivity contribution >= 4 is 34.2 Å². The average molecular weight is 293 g/mol. The lowest BCUT2D eigenvalue weighted by molar-refractivity contribution is -0.135. The number of aromatic nitrogens is 1. The molecule has 2 rings (SSSR count). The smallest absolute Gasteiger partial charge is 0.323 e. The summed E-state index contributed by atoms with van der Waals surface area (Å²) in [6.45, 7) is 5.89. The first kappa shape index (κ1) is 14.6. The van der Waals surface area contributed by atoms with Crippen molar-refractivity contribution in [1.29, 1.82) is 0 Å². The van der Waals surface area contributed by atoms with E-state index in [9.17, 15) is 4.79 Å². The van der Waals surface area contributed by atoms with E-state index in [1.807, 2.05) is 37.8 Å². The molecule has 0 saturated heterocycles. The molecular weight excluding hydrogens is 276 g/mol. The fraction of sp³-hybridized carbons (Fsp3) is 0.333. The van der Waals surface area contributed by atoms with Gasteiger partial charge < -0.3 is 10.0 Å². The fourth-order valence-corrected chi connectivity index (χ4v) is 2.33. The molecule has 1 N–H and O–H groups in total. The van der Waals surface area contributed by atoms with E-state index in [1.54, 1.807) is 18.3 Å². The van der Waals surface area contributed by atoms with Gasteiger partial charge in [0.15, 0.2) is 0 Å². The van der Waals surface area contributed by atoms with E-state index in [0.717, 1.165) is 16.6 Å². The molecule has 106 valence electrons. The number of rotatable bonds is 3. The summed E-state index contributed by atoms with van der Waals surface area (Å²) in [4.78, 5) is 17.3. The maximum absolute atomic E-state index is 11.1. The summed E-state index contributed by atoms with van der Waals surface area (Å²) in [5.74, 6) is -0.862. The molecule has 0 fully saturated rings. The molecule has 4 nitrogen and oxygen atoms in total. The Morgan fingerprint density at radius 1 is 1.35 bits per heavy atom. The van der Waals surface area contributed by atoms with Gasteiger partial charge in [-0.3, -0.25) is 9.78 Å². The number of hydrogen-bond acceptors (Lipinski definition) is 3. The summed E-state index contributed by atoms with van der Waals surface area (Å²) in [5, 5.41) is 10.7. The average Bonchev–Trinajstić information content (AvgIpc) is 2.33. The molecule has 20 heavy (non-hydrogen) atoms. The summed E-state index contributed by atoms with van der Waals surface area (Å²) in [6, 6.07) is 7.28. The van der Waals surface area contributed by atoms with Crippen molar-refractivity contribution in [3.63, 3.8) is 0 Å². The molecule has 0 aliphatic heterocycles. The van der Waals surface area contributed by atoms with E-state index < -0.39 is 5.97 Å². The molecular formula is C15H17ClN2O2. The van der Waals surface area contributed by atoms with Crippen LogP contribution in [0.25, 0.3) is 10.9 Å². The third-order valence-corrected chi connectivity index (χ3v) is 3.31. The Kier molecular flexibility index (Phi) is 3.86. The Hall–Kier alpha value is -1.81. The molecule has 0 aliphatic rings. The van der Waals surface area contributed by atoms with Gasteiger partial charge in [-0.15, -0.1) is 0 Å². The van der Waals surface area contributed by atoms with Gasteiger partial charge in [-0.05, 0) is 45.0 Å². The predicted molar refractivity (Wildman–Crippen MR) is 81.5 cm³/mol. The SMILES string of the molecule is CC(C)(C)N(CC(=O)O)c1ccnc2cc(Cl)ccc12. The van der Waals surface area contributed by atoms with Gasteiger partial charge in [-0.25, -0.2) is 0 Å². The molecule has 0 unspecified atom stereocenters. The zero-order valence-electron chi connectivity index (χ0n) is 11.7. The van der Waals surface area contributed by atoms with Crippen LogP contribution in [0.1, 0.15) is 20.8 Å². The Balaban J connectivity index is 2.61. The highest BCUT2D eigenvalue weighted by Crippen LogP contribution is 2.31. The van der Waals surface area contributed by atoms with Gasteiger partial charge in [0.05, 0.1) is 5.52 Å². The summed E-state index contributed by atoms with van der Waals surface area (Å²) >= 11 is 5.98. The minimum atomic E-state index is -0.862. The van der Waals surface area contributed by atoms with Gasteiger partial charge in [-0.2, -0.15) is 0 Å². The van der Waals surface area contributed by atoms with E-state index in [2.05, 4.69) is 4.98 Å². The van der Waals surface area contributed by atoms with Crippen LogP contribution in [0.2, 0.25) is 5.02 Å². The van der Waals surface area contributed by atoms with Crippen LogP contribution < -0.4 is 4.90 Å². The van der Waals surface area contributed by atoms with Gasteiger partial charge in [0, 0.05) is 27.8 Å². The summed E-state index contributed by atoms with van der Waals surface area (Å²) in [7, 11) is 0. The van der Waals surface area contributed by atoms with Crippen molar-refractivity contribution in [2.24, 2.45) is 0 Å². The summed E-state index contributed by atoms with van der Waals surface area (Å²) in [5.41, 5.74) is 1.29. The summed E-state index contributed by atoms with van der Waals surface area (Å²) < 4.78 is 0. The highest BCUT2D eigenvalue weighted by atomic mass is 35.5. The van der Waals surface area contributed by atoms with Gasteiger partial charge in [0.2, 0.25) is 0 Å². The zero-order chi connectivity index (χ0) is 14.9. The molecule has 1 aromatic heterocycles. The van der Waals surface area contributed by atoms with Crippen LogP contribution in [0.3, 0.4) is 0 Å². The maximum Gasteiger partial charge on any atom is 0.323 e. The predicted octanol–water partition coefficient (Wildman–Crippen LogP) is 3.58. The largest absolute Gasteiger partial charge is 0.480 e. The second-order valence-corrected chi connectivity index (χ2v) is 6.08. The minimum Gasteiger partial charge on any atom is -0.480 e. The van der Waals surface area contributed by atoms with E-state index in [4.69, 9.17) is 16.7 Å². The number of nitrogens with zero attached hydrogens (tertiary/aromatic N) is 2. The molecule has 0 amide bonds. The molecule has 1 aromatic carbocycles. The fourth-order valence-electron chi connectivity index (χ4n) is 2.16. The maximum atomic E-state index is 11.1. The second kappa shape index (κ2) is 5.29. The van der Waals surface area contributed by atoms with Crippen LogP contribution in [0.15, 0.2) is 30.5 Å². The number of fused-ring (bicyclic) bond motifs is 1. The van der Waals surface area contributed by atoms with Gasteiger partial charge in [-0.1, -0.05) is 11.6 Å². The molecule has 0 radical (unpaired) electrons. The summed E-state index contributed by atoms with van der Waals surface area (Å²) in [6.07, 6.45) is 1.68. The van der Waals surface area contributed by atoms with E-state index in [-0.39, 0.29) is 12.1 Å². The minimum absolute atomic E-state index is 0.0642. The Bertz CT molecular complexity index is 650. The molecule has 0 saturated carbocycles. The Labute approximate surface area is 123 Å². The van der Waals surface area contributed by atoms with Crippen molar-refractivity contribution in [1.82, 2.24) is 4.98 Å². The first-order valence-corrected chi connectivity index (χ1v) is 6.70. The topological polar surface area (TPSA) is 53.4 Å². The monoisotopic (exact) mass is 292 g/mol. The first-order chi connectivity index (χ1) is 9.29. The number of anilines is 1. The number of carbonyl (C=O) groups is 1. The highest BCUT2D eigenvalue weighted by Gasteiger charge is 2.25. The molecule has 2 aromatic rings. The molecule has 0 atom stereocenters. The number of aliphatic carboxylic acids is 1. The molecule has 1 heterocycles. The number of benzene rings is 1. The van der Waals surface area contributed by atoms with Crippen LogP contribution in [-0.2, 0) is 4.79 Å². The zero-order valence-corrected chi connectivity index (χ0v) is 12.5. The molecule has 5 heteroatoms. The number of carboxylic acids is 1. The van der Waals surface area contributed by atoms with E-state index >= 15 is 0 Å². The van der Waals surface area contributed by atoms with Crippen molar-refractivity contribution in [2.45, 2.75) is 26.3 Å². The first-order valence-electron chi connectivity index (χ1n) is 6.33. The van der Waals surface area contributed by atoms with E-state index in [1.165, 1.54) is 0 Å². The van der Waals surface area contributed by atoms with Crippen molar-refractivity contribution in [2.75, 3.05) is 11.4 Å². The van der Waals surface area contributed by atoms with Crippen LogP contribution in [-0.4, -0.2) is 28.1 Å². The lowest BCUT2D eigenvalue weighted by atomic mass is 10.0. The van der Waals surface area contributed by atoms with Crippen LogP contribution in [0.4, 0.5) is 5.69 Å². The number of halogens is 1. The van der Waals surface area contributed by atoms with Crippen molar-refractivity contribution in [3.8, 4) is 0 Å². The lowest BCUT2D eigenvalue weighted by Crippen LogP contribution is -2.44. The third kappa shape index (κ3) is 3.02. The normalized spacial score (nSPS) is 11.6. The highest BCUT2D eigenvalue weighted by molar-refractivity contribution is 6.31. The Morgan fingerprint density at radius 2 is 2.05 bits per heavy atom. The number of pyridine rings is 1. The van der Waals surface area contributed by atoms with E-state index in [0.29, 0.717) is 5.02 Å². The second-order valence-electron chi connectivity index (χ2n) is 5.64. The molecule has 0 spiro atoms. The van der Waals surface area contributed by atoms with Gasteiger partial charge in [0.25, 0.3) is 0 Å². The van der Waals surface area contributed by atoms with Crippen molar-refractivity contribution in [3.05, 3.63) is 35.5 Å². The number of hydrogen-bond donors (Lipinski definition) is 1. The standard InChI is InChI=1S/C15H17ClN2O2/c1-15(2,3)18(9-14(19)20)13-6-7-17-12-8-10(16)4-5-11(12)13/h4-8H,9H2,1-3H3,(H,19,20). The van der Waals surface area contributed by atoms with Gasteiger partial charge >= 0.3 is 5.97 Å². The quantitative estimate of drug-likeness (QED) is 0.939. The van der Waals surface area contributed by atoms with Crippen molar-refractivity contribution < 1.29 is 9.90 Å². The van der Waals surface area contributed by atoms with Gasteiger partial charge in [0.1, 0.15) is 6.54 Å². The van der Waals surface area contributed by atoms with Crippen LogP contribution in [0.5, 0.6) is 0 Å². The number of carboxylic acid groups (broad SMARTS) is 1. The van der Waals surface area contributed by atoms with Crippen LogP contribution >= 0.6 is 11.6 Å². The third-order valence-electron chi connectivity index (χ3n) is 3.08. The molecule has 0 bridgehead atoms. The van der Waals surface area contributed by atoms with Crippen LogP contribution in [0, 0.1) is 0 Å². The Morgan fingerprint density at radius 3 is 2.65 bits per heavy atom.